The summed E-state index contributed by atoms with van der Waals surface area (Å²) in [4.78, 5) is 12.0. The molecule has 5 nitrogen and oxygen atoms in total. The summed E-state index contributed by atoms with van der Waals surface area (Å²) in [6, 6.07) is 12.0. The van der Waals surface area contributed by atoms with Crippen LogP contribution in [0.3, 0.4) is 0 Å². The molecule has 0 aromatic heterocycles. The van der Waals surface area contributed by atoms with Crippen molar-refractivity contribution in [1.82, 2.24) is 0 Å². The Labute approximate surface area is 171 Å². The molecule has 0 heterocycles. The van der Waals surface area contributed by atoms with E-state index in [9.17, 15) is 31.5 Å². The van der Waals surface area contributed by atoms with E-state index in [1.165, 1.54) is 54.6 Å². The van der Waals surface area contributed by atoms with Crippen LogP contribution in [-0.2, 0) is 14.6 Å². The van der Waals surface area contributed by atoms with Gasteiger partial charge in [0.1, 0.15) is 0 Å². The topological polar surface area (TPSA) is 83.5 Å². The van der Waals surface area contributed by atoms with Crippen LogP contribution in [0.25, 0.3) is 0 Å². The number of rotatable bonds is 7. The highest BCUT2D eigenvalue weighted by atomic mass is 32.2. The first-order valence-electron chi connectivity index (χ1n) is 8.88. The first-order valence-corrected chi connectivity index (χ1v) is 10.5. The second-order valence-corrected chi connectivity index (χ2v) is 9.01. The van der Waals surface area contributed by atoms with Gasteiger partial charge in [-0.25, -0.2) is 12.8 Å². The summed E-state index contributed by atoms with van der Waals surface area (Å²) in [5, 5.41) is 11.7. The number of halogens is 4. The number of aryl methyl sites for hydroxylation is 1. The fourth-order valence-electron chi connectivity index (χ4n) is 2.92. The van der Waals surface area contributed by atoms with Gasteiger partial charge in [-0.1, -0.05) is 35.9 Å². The summed E-state index contributed by atoms with van der Waals surface area (Å²) >= 11 is 0. The van der Waals surface area contributed by atoms with E-state index < -0.39 is 45.4 Å². The summed E-state index contributed by atoms with van der Waals surface area (Å²) in [5.41, 5.74) is -4.06. The van der Waals surface area contributed by atoms with E-state index in [1.807, 2.05) is 5.32 Å². The highest BCUT2D eigenvalue weighted by Gasteiger charge is 2.67. The standard InChI is InChI=1S/C20H21F4NO4S/c1-13-8-10-16(11-9-13)30(28,29)12-17(14(2)26)19(21,20(22,23)24)18(27)25-15-6-4-3-5-7-15/h3-11,14,17,26H,12H2,1-2H3,(H,25,27)/t14-,17-,19+/m0/s1. The van der Waals surface area contributed by atoms with Crippen molar-refractivity contribution in [2.24, 2.45) is 5.92 Å². The van der Waals surface area contributed by atoms with Crippen molar-refractivity contribution >= 4 is 21.4 Å². The maximum atomic E-state index is 15.4. The molecule has 1 amide bonds. The second kappa shape index (κ2) is 8.73. The highest BCUT2D eigenvalue weighted by molar-refractivity contribution is 7.91. The van der Waals surface area contributed by atoms with E-state index in [2.05, 4.69) is 0 Å². The van der Waals surface area contributed by atoms with Crippen LogP contribution >= 0.6 is 0 Å². The zero-order valence-corrected chi connectivity index (χ0v) is 17.0. The van der Waals surface area contributed by atoms with Crippen LogP contribution in [0.5, 0.6) is 0 Å². The molecule has 0 aliphatic carbocycles. The normalized spacial score (nSPS) is 16.4. The molecule has 2 N–H and O–H groups in total. The number of alkyl halides is 4. The van der Waals surface area contributed by atoms with Gasteiger partial charge in [0.05, 0.1) is 22.7 Å². The lowest BCUT2D eigenvalue weighted by atomic mass is 9.85. The van der Waals surface area contributed by atoms with Gasteiger partial charge >= 0.3 is 6.18 Å². The van der Waals surface area contributed by atoms with Gasteiger partial charge in [0.15, 0.2) is 9.84 Å². The van der Waals surface area contributed by atoms with Crippen molar-refractivity contribution in [3.63, 3.8) is 0 Å². The molecule has 2 aromatic rings. The Kier molecular flexibility index (Phi) is 6.93. The summed E-state index contributed by atoms with van der Waals surface area (Å²) in [5.74, 6) is -6.13. The molecule has 0 bridgehead atoms. The van der Waals surface area contributed by atoms with Gasteiger partial charge in [-0.15, -0.1) is 0 Å². The number of para-hydroxylation sites is 1. The molecule has 30 heavy (non-hydrogen) atoms. The summed E-state index contributed by atoms with van der Waals surface area (Å²) in [7, 11) is -4.45. The Morgan fingerprint density at radius 3 is 2.03 bits per heavy atom. The number of hydrogen-bond donors (Lipinski definition) is 2. The molecule has 10 heteroatoms. The first kappa shape index (κ1) is 23.8. The number of sulfone groups is 1. The maximum absolute atomic E-state index is 15.4. The number of anilines is 1. The monoisotopic (exact) mass is 447 g/mol. The van der Waals surface area contributed by atoms with Crippen LogP contribution in [-0.4, -0.2) is 43.1 Å². The van der Waals surface area contributed by atoms with Crippen LogP contribution in [0.4, 0.5) is 23.2 Å². The van der Waals surface area contributed by atoms with Crippen molar-refractivity contribution in [3.05, 3.63) is 60.2 Å². The van der Waals surface area contributed by atoms with Gasteiger partial charge in [0.25, 0.3) is 11.6 Å². The molecular weight excluding hydrogens is 426 g/mol. The quantitative estimate of drug-likeness (QED) is 0.635. The molecule has 0 aliphatic rings. The molecule has 0 spiro atoms. The summed E-state index contributed by atoms with van der Waals surface area (Å²) < 4.78 is 82.0. The molecule has 0 unspecified atom stereocenters. The first-order chi connectivity index (χ1) is 13.8. The summed E-state index contributed by atoms with van der Waals surface area (Å²) in [6.07, 6.45) is -7.88. The van der Waals surface area contributed by atoms with Gasteiger partial charge < -0.3 is 10.4 Å². The van der Waals surface area contributed by atoms with Crippen LogP contribution in [0.15, 0.2) is 59.5 Å². The predicted molar refractivity (Wildman–Crippen MR) is 103 cm³/mol. The number of benzene rings is 2. The highest BCUT2D eigenvalue weighted by Crippen LogP contribution is 2.43. The minimum absolute atomic E-state index is 0.112. The smallest absolute Gasteiger partial charge is 0.393 e. The van der Waals surface area contributed by atoms with Crippen molar-refractivity contribution in [2.45, 2.75) is 36.7 Å². The zero-order valence-electron chi connectivity index (χ0n) is 16.2. The lowest BCUT2D eigenvalue weighted by Crippen LogP contribution is -2.60. The SMILES string of the molecule is Cc1ccc(S(=O)(=O)C[C@@H]([C@H](C)O)[C@@](F)(C(=O)Nc2ccccc2)C(F)(F)F)cc1. The Hall–Kier alpha value is -2.46. The number of carbonyl (C=O) groups is 1. The average Bonchev–Trinajstić information content (AvgIpc) is 2.65. The van der Waals surface area contributed by atoms with E-state index in [1.54, 1.807) is 6.92 Å². The Morgan fingerprint density at radius 1 is 1.03 bits per heavy atom. The summed E-state index contributed by atoms with van der Waals surface area (Å²) in [6.45, 7) is 2.49. The molecule has 0 saturated carbocycles. The Bertz CT molecular complexity index is 976. The van der Waals surface area contributed by atoms with Crippen LogP contribution < -0.4 is 5.32 Å². The third kappa shape index (κ3) is 4.99. The van der Waals surface area contributed by atoms with Gasteiger partial charge in [-0.05, 0) is 38.1 Å². The van der Waals surface area contributed by atoms with Crippen LogP contribution in [0.2, 0.25) is 0 Å². The Balaban J connectivity index is 2.47. The minimum atomic E-state index is -5.78. The lowest BCUT2D eigenvalue weighted by Gasteiger charge is -2.35. The molecule has 2 rings (SSSR count). The van der Waals surface area contributed by atoms with E-state index >= 15 is 4.39 Å². The van der Waals surface area contributed by atoms with Crippen molar-refractivity contribution in [1.29, 1.82) is 0 Å². The number of amides is 1. The van der Waals surface area contributed by atoms with Crippen LogP contribution in [0.1, 0.15) is 12.5 Å². The van der Waals surface area contributed by atoms with Gasteiger partial charge in [-0.2, -0.15) is 13.2 Å². The van der Waals surface area contributed by atoms with Crippen molar-refractivity contribution < 1.29 is 35.9 Å². The largest absolute Gasteiger partial charge is 0.432 e. The minimum Gasteiger partial charge on any atom is -0.393 e. The fourth-order valence-corrected chi connectivity index (χ4v) is 4.64. The van der Waals surface area contributed by atoms with Gasteiger partial charge in [0.2, 0.25) is 0 Å². The second-order valence-electron chi connectivity index (χ2n) is 6.97. The third-order valence-electron chi connectivity index (χ3n) is 4.65. The fraction of sp³-hybridized carbons (Fsp3) is 0.350. The van der Waals surface area contributed by atoms with E-state index in [-0.39, 0.29) is 10.6 Å². The molecule has 0 fully saturated rings. The molecule has 0 radical (unpaired) electrons. The van der Waals surface area contributed by atoms with E-state index in [0.29, 0.717) is 5.56 Å². The van der Waals surface area contributed by atoms with E-state index in [0.717, 1.165) is 6.92 Å². The molecular formula is C20H21F4NO4S. The molecule has 0 saturated heterocycles. The third-order valence-corrected chi connectivity index (χ3v) is 6.44. The number of aliphatic hydroxyl groups excluding tert-OH is 1. The van der Waals surface area contributed by atoms with Crippen LogP contribution in [0, 0.1) is 12.8 Å². The average molecular weight is 447 g/mol. The van der Waals surface area contributed by atoms with Crippen molar-refractivity contribution in [3.8, 4) is 0 Å². The zero-order chi connectivity index (χ0) is 22.7. The number of nitrogens with one attached hydrogen (secondary N) is 1. The molecule has 164 valence electrons. The lowest BCUT2D eigenvalue weighted by molar-refractivity contribution is -0.244. The maximum Gasteiger partial charge on any atom is 0.432 e. The molecule has 0 aliphatic heterocycles. The predicted octanol–water partition coefficient (Wildman–Crippen LogP) is 3.68. The Morgan fingerprint density at radius 2 is 1.57 bits per heavy atom. The number of aliphatic hydroxyl groups is 1. The van der Waals surface area contributed by atoms with E-state index in [4.69, 9.17) is 0 Å². The van der Waals surface area contributed by atoms with Gasteiger partial charge in [-0.3, -0.25) is 4.79 Å². The molecule has 2 aromatic carbocycles. The molecule has 3 atom stereocenters. The number of carbonyl (C=O) groups excluding carboxylic acids is 1. The number of hydrogen-bond acceptors (Lipinski definition) is 4. The van der Waals surface area contributed by atoms with Crippen molar-refractivity contribution in [2.75, 3.05) is 11.1 Å². The van der Waals surface area contributed by atoms with Gasteiger partial charge in [0, 0.05) is 5.69 Å².